The number of ether oxygens (including phenoxy) is 1. The maximum Gasteiger partial charge on any atom is 0.341 e. The number of carboxylic acids is 1. The summed E-state index contributed by atoms with van der Waals surface area (Å²) in [6, 6.07) is 17.8. The van der Waals surface area contributed by atoms with Crippen LogP contribution >= 0.6 is 0 Å². The Hall–Kier alpha value is -4.33. The Morgan fingerprint density at radius 3 is 2.38 bits per heavy atom. The number of para-hydroxylation sites is 1. The average Bonchev–Trinajstić information content (AvgIpc) is 3.23. The Morgan fingerprint density at radius 2 is 1.72 bits per heavy atom. The van der Waals surface area contributed by atoms with E-state index in [2.05, 4.69) is 5.43 Å². The van der Waals surface area contributed by atoms with E-state index >= 15 is 0 Å². The van der Waals surface area contributed by atoms with Crippen molar-refractivity contribution in [2.24, 2.45) is 0 Å². The second kappa shape index (κ2) is 8.43. The molecule has 0 radical (unpaired) electrons. The Kier molecular flexibility index (Phi) is 5.51. The lowest BCUT2D eigenvalue weighted by Crippen LogP contribution is -2.35. The molecule has 162 valence electrons. The lowest BCUT2D eigenvalue weighted by molar-refractivity contribution is -0.139. The van der Waals surface area contributed by atoms with E-state index < -0.39 is 24.4 Å². The van der Waals surface area contributed by atoms with Crippen LogP contribution in [-0.4, -0.2) is 34.1 Å². The fourth-order valence-corrected chi connectivity index (χ4v) is 3.64. The fourth-order valence-electron chi connectivity index (χ4n) is 3.64. The summed E-state index contributed by atoms with van der Waals surface area (Å²) in [7, 11) is 0. The lowest BCUT2D eigenvalue weighted by Gasteiger charge is -2.13. The van der Waals surface area contributed by atoms with Gasteiger partial charge < -0.3 is 14.4 Å². The van der Waals surface area contributed by atoms with Crippen LogP contribution in [0, 0.1) is 13.8 Å². The van der Waals surface area contributed by atoms with E-state index in [0.29, 0.717) is 11.4 Å². The van der Waals surface area contributed by atoms with E-state index in [0.717, 1.165) is 22.6 Å². The summed E-state index contributed by atoms with van der Waals surface area (Å²) in [4.78, 5) is 36.0. The monoisotopic (exact) mass is 431 g/mol. The minimum absolute atomic E-state index is 0.0616. The van der Waals surface area contributed by atoms with Crippen molar-refractivity contribution in [1.82, 2.24) is 9.99 Å². The van der Waals surface area contributed by atoms with E-state index in [4.69, 9.17) is 9.84 Å². The molecule has 2 heterocycles. The average molecular weight is 431 g/mol. The number of aromatic nitrogens is 1. The Balaban J connectivity index is 1.62. The smallest absolute Gasteiger partial charge is 0.341 e. The van der Waals surface area contributed by atoms with Crippen molar-refractivity contribution in [3.63, 3.8) is 0 Å². The molecular weight excluding hydrogens is 410 g/mol. The summed E-state index contributed by atoms with van der Waals surface area (Å²) >= 11 is 0. The van der Waals surface area contributed by atoms with Gasteiger partial charge in [0.2, 0.25) is 0 Å². The van der Waals surface area contributed by atoms with Gasteiger partial charge in [0, 0.05) is 17.1 Å². The highest BCUT2D eigenvalue weighted by Gasteiger charge is 2.34. The first-order valence-electron chi connectivity index (χ1n) is 9.91. The zero-order valence-electron chi connectivity index (χ0n) is 17.5. The number of anilines is 1. The van der Waals surface area contributed by atoms with Crippen LogP contribution < -0.4 is 15.2 Å². The molecule has 0 aliphatic carbocycles. The number of carbonyl (C=O) groups excluding carboxylic acids is 2. The summed E-state index contributed by atoms with van der Waals surface area (Å²) < 4.78 is 7.16. The second-order valence-corrected chi connectivity index (χ2v) is 7.31. The Bertz CT molecular complexity index is 1230. The Labute approximate surface area is 184 Å². The molecule has 0 spiro atoms. The first-order chi connectivity index (χ1) is 15.3. The molecule has 0 atom stereocenters. The molecule has 1 aromatic heterocycles. The third kappa shape index (κ3) is 3.98. The van der Waals surface area contributed by atoms with E-state index in [9.17, 15) is 14.4 Å². The molecule has 0 bridgehead atoms. The summed E-state index contributed by atoms with van der Waals surface area (Å²) in [6.45, 7) is 3.42. The summed E-state index contributed by atoms with van der Waals surface area (Å²) in [6.07, 6.45) is 1.60. The molecule has 1 saturated heterocycles. The van der Waals surface area contributed by atoms with Crippen molar-refractivity contribution in [1.29, 1.82) is 0 Å². The number of hydrogen-bond donors (Lipinski definition) is 2. The molecule has 1 aliphatic rings. The van der Waals surface area contributed by atoms with Crippen molar-refractivity contribution >= 4 is 29.5 Å². The van der Waals surface area contributed by atoms with Gasteiger partial charge >= 0.3 is 5.97 Å². The van der Waals surface area contributed by atoms with E-state index in [1.807, 2.05) is 42.7 Å². The fraction of sp³-hybridized carbons (Fsp3) is 0.125. The third-order valence-corrected chi connectivity index (χ3v) is 5.13. The standard InChI is InChI=1S/C24H21N3O5/c1-15-12-17(13-21-23(30)25-27(24(21)31)19-6-4-3-5-7-19)16(2)26(15)18-8-10-20(11-9-18)32-14-22(28)29/h3-13H,14H2,1-2H3,(H,25,30)(H,28,29)/b21-13-. The van der Waals surface area contributed by atoms with Gasteiger partial charge in [-0.25, -0.2) is 9.80 Å². The maximum atomic E-state index is 12.9. The summed E-state index contributed by atoms with van der Waals surface area (Å²) in [5.41, 5.74) is 6.62. The van der Waals surface area contributed by atoms with Gasteiger partial charge in [-0.05, 0) is 68.0 Å². The second-order valence-electron chi connectivity index (χ2n) is 7.31. The van der Waals surface area contributed by atoms with Crippen molar-refractivity contribution in [2.75, 3.05) is 11.6 Å². The number of carbonyl (C=O) groups is 3. The van der Waals surface area contributed by atoms with Crippen molar-refractivity contribution in [3.05, 3.63) is 83.2 Å². The molecule has 8 nitrogen and oxygen atoms in total. The zero-order chi connectivity index (χ0) is 22.8. The third-order valence-electron chi connectivity index (χ3n) is 5.13. The molecule has 0 unspecified atom stereocenters. The molecule has 3 aromatic rings. The van der Waals surface area contributed by atoms with Crippen LogP contribution in [-0.2, 0) is 14.4 Å². The molecule has 1 fully saturated rings. The van der Waals surface area contributed by atoms with Crippen LogP contribution in [0.25, 0.3) is 11.8 Å². The molecule has 2 aromatic carbocycles. The summed E-state index contributed by atoms with van der Waals surface area (Å²) in [5, 5.41) is 9.97. The SMILES string of the molecule is Cc1cc(/C=C2/C(=O)NN(c3ccccc3)C2=O)c(C)n1-c1ccc(OCC(=O)O)cc1. The number of hydrazine groups is 1. The number of aliphatic carboxylic acids is 1. The molecule has 0 saturated carbocycles. The van der Waals surface area contributed by atoms with Gasteiger partial charge in [-0.2, -0.15) is 0 Å². The van der Waals surface area contributed by atoms with Gasteiger partial charge in [0.25, 0.3) is 11.8 Å². The van der Waals surface area contributed by atoms with Crippen LogP contribution in [0.2, 0.25) is 0 Å². The topological polar surface area (TPSA) is 101 Å². The summed E-state index contributed by atoms with van der Waals surface area (Å²) in [5.74, 6) is -1.45. The quantitative estimate of drug-likeness (QED) is 0.462. The van der Waals surface area contributed by atoms with Crippen molar-refractivity contribution < 1.29 is 24.2 Å². The van der Waals surface area contributed by atoms with Crippen LogP contribution in [0.1, 0.15) is 17.0 Å². The lowest BCUT2D eigenvalue weighted by atomic mass is 10.1. The van der Waals surface area contributed by atoms with Crippen LogP contribution in [0.3, 0.4) is 0 Å². The molecule has 1 aliphatic heterocycles. The molecule has 32 heavy (non-hydrogen) atoms. The number of carboxylic acid groups (broad SMARTS) is 1. The zero-order valence-corrected chi connectivity index (χ0v) is 17.5. The van der Waals surface area contributed by atoms with Crippen molar-refractivity contribution in [3.8, 4) is 11.4 Å². The first kappa shape index (κ1) is 20.9. The number of hydrogen-bond acceptors (Lipinski definition) is 4. The predicted octanol–water partition coefficient (Wildman–Crippen LogP) is 3.02. The highest BCUT2D eigenvalue weighted by molar-refractivity contribution is 6.31. The van der Waals surface area contributed by atoms with E-state index in [1.54, 1.807) is 42.5 Å². The van der Waals surface area contributed by atoms with Gasteiger partial charge in [0.15, 0.2) is 6.61 Å². The maximum absolute atomic E-state index is 12.9. The number of nitrogens with one attached hydrogen (secondary N) is 1. The Morgan fingerprint density at radius 1 is 1.03 bits per heavy atom. The van der Waals surface area contributed by atoms with Gasteiger partial charge in [-0.1, -0.05) is 18.2 Å². The van der Waals surface area contributed by atoms with Crippen molar-refractivity contribution in [2.45, 2.75) is 13.8 Å². The number of aryl methyl sites for hydroxylation is 1. The minimum atomic E-state index is -1.04. The molecular formula is C24H21N3O5. The van der Waals surface area contributed by atoms with Crippen LogP contribution in [0.5, 0.6) is 5.75 Å². The van der Waals surface area contributed by atoms with Gasteiger partial charge in [0.1, 0.15) is 11.3 Å². The molecule has 8 heteroatoms. The molecule has 2 amide bonds. The largest absolute Gasteiger partial charge is 0.482 e. The molecule has 2 N–H and O–H groups in total. The number of benzene rings is 2. The predicted molar refractivity (Wildman–Crippen MR) is 118 cm³/mol. The van der Waals surface area contributed by atoms with Crippen LogP contribution in [0.4, 0.5) is 5.69 Å². The molecule has 4 rings (SSSR count). The highest BCUT2D eigenvalue weighted by atomic mass is 16.5. The van der Waals surface area contributed by atoms with Gasteiger partial charge in [-0.3, -0.25) is 15.0 Å². The van der Waals surface area contributed by atoms with E-state index in [1.165, 1.54) is 5.01 Å². The first-order valence-corrected chi connectivity index (χ1v) is 9.91. The van der Waals surface area contributed by atoms with Gasteiger partial charge in [-0.15, -0.1) is 0 Å². The number of rotatable bonds is 6. The highest BCUT2D eigenvalue weighted by Crippen LogP contribution is 2.26. The minimum Gasteiger partial charge on any atom is -0.482 e. The normalized spacial score (nSPS) is 14.7. The number of nitrogens with zero attached hydrogens (tertiary/aromatic N) is 2. The van der Waals surface area contributed by atoms with E-state index in [-0.39, 0.29) is 5.57 Å². The number of amides is 2. The van der Waals surface area contributed by atoms with Crippen LogP contribution in [0.15, 0.2) is 66.2 Å². The van der Waals surface area contributed by atoms with Gasteiger partial charge in [0.05, 0.1) is 5.69 Å².